The maximum atomic E-state index is 12.2. The number of aromatic nitrogens is 2. The highest BCUT2D eigenvalue weighted by molar-refractivity contribution is 9.10. The van der Waals surface area contributed by atoms with Gasteiger partial charge in [-0.2, -0.15) is 0 Å². The summed E-state index contributed by atoms with van der Waals surface area (Å²) in [6.45, 7) is 5.98. The van der Waals surface area contributed by atoms with Gasteiger partial charge in [-0.25, -0.2) is 0 Å². The van der Waals surface area contributed by atoms with E-state index < -0.39 is 11.8 Å². The standard InChI is InChI=1S/C17H20BrN5O2/c1-11(2)21-16(24)17(25)23-7-5-22(6-8-23)14-3-4-19-13-9-12(18)10-20-15(13)14/h3-4,9-11H,5-8H2,1-2H3,(H,21,24). The predicted molar refractivity (Wildman–Crippen MR) is 99.3 cm³/mol. The van der Waals surface area contributed by atoms with Crippen molar-refractivity contribution in [2.75, 3.05) is 31.1 Å². The lowest BCUT2D eigenvalue weighted by Gasteiger charge is -2.36. The van der Waals surface area contributed by atoms with Crippen molar-refractivity contribution in [2.45, 2.75) is 19.9 Å². The highest BCUT2D eigenvalue weighted by Crippen LogP contribution is 2.26. The molecule has 8 heteroatoms. The minimum absolute atomic E-state index is 0.0497. The van der Waals surface area contributed by atoms with E-state index in [0.29, 0.717) is 26.2 Å². The Kier molecular flexibility index (Phi) is 5.17. The van der Waals surface area contributed by atoms with Gasteiger partial charge in [-0.15, -0.1) is 0 Å². The molecule has 0 saturated carbocycles. The van der Waals surface area contributed by atoms with E-state index in [2.05, 4.69) is 36.1 Å². The molecule has 2 aromatic rings. The Morgan fingerprint density at radius 1 is 1.20 bits per heavy atom. The van der Waals surface area contributed by atoms with E-state index in [0.717, 1.165) is 21.2 Å². The summed E-state index contributed by atoms with van der Waals surface area (Å²) >= 11 is 3.41. The van der Waals surface area contributed by atoms with Crippen molar-refractivity contribution in [2.24, 2.45) is 0 Å². The number of hydrogen-bond acceptors (Lipinski definition) is 5. The molecule has 25 heavy (non-hydrogen) atoms. The van der Waals surface area contributed by atoms with Gasteiger partial charge >= 0.3 is 11.8 Å². The lowest BCUT2D eigenvalue weighted by Crippen LogP contribution is -2.53. The molecule has 3 rings (SSSR count). The number of nitrogens with one attached hydrogen (secondary N) is 1. The van der Waals surface area contributed by atoms with Gasteiger partial charge < -0.3 is 15.1 Å². The number of nitrogens with zero attached hydrogens (tertiary/aromatic N) is 4. The normalized spacial score (nSPS) is 14.9. The first-order valence-electron chi connectivity index (χ1n) is 8.20. The van der Waals surface area contributed by atoms with Crippen LogP contribution in [0.2, 0.25) is 0 Å². The highest BCUT2D eigenvalue weighted by Gasteiger charge is 2.27. The Morgan fingerprint density at radius 2 is 1.92 bits per heavy atom. The maximum absolute atomic E-state index is 12.2. The molecule has 1 saturated heterocycles. The van der Waals surface area contributed by atoms with Gasteiger partial charge in [0.2, 0.25) is 0 Å². The molecule has 0 aromatic carbocycles. The summed E-state index contributed by atoms with van der Waals surface area (Å²) < 4.78 is 0.885. The molecule has 2 aromatic heterocycles. The molecule has 0 atom stereocenters. The molecule has 0 bridgehead atoms. The van der Waals surface area contributed by atoms with Crippen LogP contribution in [-0.4, -0.2) is 58.9 Å². The summed E-state index contributed by atoms with van der Waals surface area (Å²) in [6.07, 6.45) is 3.52. The second-order valence-electron chi connectivity index (χ2n) is 6.26. The zero-order chi connectivity index (χ0) is 18.0. The van der Waals surface area contributed by atoms with Crippen LogP contribution in [-0.2, 0) is 9.59 Å². The van der Waals surface area contributed by atoms with Crippen LogP contribution >= 0.6 is 15.9 Å². The molecule has 1 aliphatic heterocycles. The van der Waals surface area contributed by atoms with Crippen LogP contribution in [0.3, 0.4) is 0 Å². The summed E-state index contributed by atoms with van der Waals surface area (Å²) in [6, 6.07) is 3.82. The number of carbonyl (C=O) groups is 2. The number of halogens is 1. The molecule has 0 unspecified atom stereocenters. The molecule has 0 spiro atoms. The number of hydrogen-bond donors (Lipinski definition) is 1. The van der Waals surface area contributed by atoms with Crippen LogP contribution < -0.4 is 10.2 Å². The second kappa shape index (κ2) is 7.35. The first-order valence-corrected chi connectivity index (χ1v) is 9.00. The molecule has 7 nitrogen and oxygen atoms in total. The van der Waals surface area contributed by atoms with Crippen molar-refractivity contribution >= 4 is 44.5 Å². The van der Waals surface area contributed by atoms with Crippen molar-refractivity contribution in [3.8, 4) is 0 Å². The molecule has 3 heterocycles. The summed E-state index contributed by atoms with van der Waals surface area (Å²) in [5.74, 6) is -1.00. The Morgan fingerprint density at radius 3 is 2.60 bits per heavy atom. The highest BCUT2D eigenvalue weighted by atomic mass is 79.9. The van der Waals surface area contributed by atoms with Gasteiger partial charge in [0, 0.05) is 49.1 Å². The van der Waals surface area contributed by atoms with E-state index in [-0.39, 0.29) is 6.04 Å². The molecule has 132 valence electrons. The Balaban J connectivity index is 1.71. The van der Waals surface area contributed by atoms with Crippen LogP contribution in [0.4, 0.5) is 5.69 Å². The number of anilines is 1. The minimum Gasteiger partial charge on any atom is -0.366 e. The van der Waals surface area contributed by atoms with Gasteiger partial charge in [0.25, 0.3) is 0 Å². The van der Waals surface area contributed by atoms with Crippen LogP contribution in [0, 0.1) is 0 Å². The van der Waals surface area contributed by atoms with Crippen molar-refractivity contribution in [1.82, 2.24) is 20.2 Å². The van der Waals surface area contributed by atoms with Crippen molar-refractivity contribution in [1.29, 1.82) is 0 Å². The van der Waals surface area contributed by atoms with Crippen molar-refractivity contribution in [3.63, 3.8) is 0 Å². The van der Waals surface area contributed by atoms with Gasteiger partial charge in [0.1, 0.15) is 5.52 Å². The lowest BCUT2D eigenvalue weighted by molar-refractivity contribution is -0.146. The number of amides is 2. The average Bonchev–Trinajstić information content (AvgIpc) is 2.60. The topological polar surface area (TPSA) is 78.4 Å². The molecule has 1 N–H and O–H groups in total. The maximum Gasteiger partial charge on any atom is 0.312 e. The van der Waals surface area contributed by atoms with Crippen LogP contribution in [0.25, 0.3) is 11.0 Å². The van der Waals surface area contributed by atoms with Crippen molar-refractivity contribution in [3.05, 3.63) is 29.0 Å². The van der Waals surface area contributed by atoms with E-state index in [4.69, 9.17) is 0 Å². The molecular formula is C17H20BrN5O2. The summed E-state index contributed by atoms with van der Waals surface area (Å²) in [7, 11) is 0. The average molecular weight is 406 g/mol. The predicted octanol–water partition coefficient (Wildman–Crippen LogP) is 1.57. The van der Waals surface area contributed by atoms with Gasteiger partial charge in [-0.05, 0) is 41.9 Å². The number of rotatable bonds is 2. The first-order chi connectivity index (χ1) is 12.0. The summed E-state index contributed by atoms with van der Waals surface area (Å²) in [5, 5.41) is 2.65. The lowest BCUT2D eigenvalue weighted by atomic mass is 10.2. The fourth-order valence-corrected chi connectivity index (χ4v) is 3.18. The van der Waals surface area contributed by atoms with E-state index in [1.54, 1.807) is 17.3 Å². The number of carbonyl (C=O) groups excluding carboxylic acids is 2. The number of piperazine rings is 1. The zero-order valence-electron chi connectivity index (χ0n) is 14.2. The Labute approximate surface area is 154 Å². The van der Waals surface area contributed by atoms with Crippen LogP contribution in [0.15, 0.2) is 29.0 Å². The zero-order valence-corrected chi connectivity index (χ0v) is 15.8. The second-order valence-corrected chi connectivity index (χ2v) is 7.17. The summed E-state index contributed by atoms with van der Waals surface area (Å²) in [4.78, 5) is 36.7. The summed E-state index contributed by atoms with van der Waals surface area (Å²) in [5.41, 5.74) is 2.65. The smallest absolute Gasteiger partial charge is 0.312 e. The fourth-order valence-electron chi connectivity index (χ4n) is 2.86. The number of pyridine rings is 2. The van der Waals surface area contributed by atoms with E-state index in [1.165, 1.54) is 0 Å². The quantitative estimate of drug-likeness (QED) is 0.767. The molecule has 1 fully saturated rings. The third kappa shape index (κ3) is 3.89. The molecular weight excluding hydrogens is 386 g/mol. The first kappa shape index (κ1) is 17.6. The third-order valence-corrected chi connectivity index (χ3v) is 4.48. The molecule has 0 radical (unpaired) electrons. The monoisotopic (exact) mass is 405 g/mol. The van der Waals surface area contributed by atoms with Crippen LogP contribution in [0.1, 0.15) is 13.8 Å². The number of fused-ring (bicyclic) bond motifs is 1. The van der Waals surface area contributed by atoms with Gasteiger partial charge in [0.15, 0.2) is 0 Å². The largest absolute Gasteiger partial charge is 0.366 e. The van der Waals surface area contributed by atoms with Gasteiger partial charge in [-0.1, -0.05) is 0 Å². The van der Waals surface area contributed by atoms with Gasteiger partial charge in [-0.3, -0.25) is 19.6 Å². The Hall–Kier alpha value is -2.22. The Bertz CT molecular complexity index is 803. The van der Waals surface area contributed by atoms with E-state index in [1.807, 2.05) is 26.0 Å². The van der Waals surface area contributed by atoms with E-state index >= 15 is 0 Å². The van der Waals surface area contributed by atoms with Crippen LogP contribution in [0.5, 0.6) is 0 Å². The third-order valence-electron chi connectivity index (χ3n) is 4.04. The van der Waals surface area contributed by atoms with Crippen molar-refractivity contribution < 1.29 is 9.59 Å². The molecule has 0 aliphatic carbocycles. The molecule has 1 aliphatic rings. The SMILES string of the molecule is CC(C)NC(=O)C(=O)N1CCN(c2ccnc3cc(Br)cnc23)CC1. The molecule has 2 amide bonds. The minimum atomic E-state index is -0.538. The fraction of sp³-hybridized carbons (Fsp3) is 0.412. The van der Waals surface area contributed by atoms with E-state index in [9.17, 15) is 9.59 Å². The van der Waals surface area contributed by atoms with Gasteiger partial charge in [0.05, 0.1) is 11.2 Å².